The van der Waals surface area contributed by atoms with E-state index < -0.39 is 0 Å². The Labute approximate surface area is 110 Å². The predicted octanol–water partition coefficient (Wildman–Crippen LogP) is 2.99. The van der Waals surface area contributed by atoms with Gasteiger partial charge in [-0.25, -0.2) is 9.97 Å². The molecule has 0 atom stereocenters. The minimum Gasteiger partial charge on any atom is -0.370 e. The fourth-order valence-corrected chi connectivity index (χ4v) is 2.32. The molecule has 1 aliphatic rings. The Morgan fingerprint density at radius 3 is 2.72 bits per heavy atom. The van der Waals surface area contributed by atoms with Gasteiger partial charge in [0, 0.05) is 25.7 Å². The lowest BCUT2D eigenvalue weighted by Crippen LogP contribution is -2.30. The first-order valence-electron chi connectivity index (χ1n) is 7.14. The molecule has 0 bridgehead atoms. The molecule has 0 aromatic carbocycles. The van der Waals surface area contributed by atoms with Crippen LogP contribution in [0.25, 0.3) is 0 Å². The van der Waals surface area contributed by atoms with Crippen LogP contribution in [-0.4, -0.2) is 29.6 Å². The van der Waals surface area contributed by atoms with Gasteiger partial charge >= 0.3 is 0 Å². The van der Waals surface area contributed by atoms with Gasteiger partial charge in [0.2, 0.25) is 0 Å². The quantitative estimate of drug-likeness (QED) is 0.813. The van der Waals surface area contributed by atoms with E-state index in [9.17, 15) is 0 Å². The summed E-state index contributed by atoms with van der Waals surface area (Å²) < 4.78 is 0. The maximum absolute atomic E-state index is 4.56. The van der Waals surface area contributed by atoms with E-state index in [2.05, 4.69) is 33.2 Å². The summed E-state index contributed by atoms with van der Waals surface area (Å²) in [6.45, 7) is 7.42. The zero-order valence-corrected chi connectivity index (χ0v) is 11.6. The predicted molar refractivity (Wildman–Crippen MR) is 76.2 cm³/mol. The summed E-state index contributed by atoms with van der Waals surface area (Å²) in [7, 11) is 0. The van der Waals surface area contributed by atoms with Crippen molar-refractivity contribution in [3.05, 3.63) is 11.9 Å². The summed E-state index contributed by atoms with van der Waals surface area (Å²) in [5.74, 6) is 2.91. The van der Waals surface area contributed by atoms with Gasteiger partial charge in [0.15, 0.2) is 0 Å². The normalized spacial score (nSPS) is 15.8. The highest BCUT2D eigenvalue weighted by Crippen LogP contribution is 2.20. The third kappa shape index (κ3) is 3.59. The number of aromatic nitrogens is 2. The summed E-state index contributed by atoms with van der Waals surface area (Å²) in [6, 6.07) is 2.09. The van der Waals surface area contributed by atoms with Crippen LogP contribution >= 0.6 is 0 Å². The van der Waals surface area contributed by atoms with Gasteiger partial charge in [0.05, 0.1) is 0 Å². The molecular formula is C14H24N4. The molecule has 1 aromatic rings. The van der Waals surface area contributed by atoms with Crippen molar-refractivity contribution in [2.75, 3.05) is 29.9 Å². The van der Waals surface area contributed by atoms with Crippen molar-refractivity contribution >= 4 is 11.6 Å². The molecule has 4 nitrogen and oxygen atoms in total. The van der Waals surface area contributed by atoms with Gasteiger partial charge in [-0.1, -0.05) is 13.3 Å². The van der Waals surface area contributed by atoms with Crippen LogP contribution in [0.3, 0.4) is 0 Å². The van der Waals surface area contributed by atoms with Crippen LogP contribution in [0.15, 0.2) is 6.07 Å². The summed E-state index contributed by atoms with van der Waals surface area (Å²) >= 11 is 0. The third-order valence-electron chi connectivity index (χ3n) is 3.34. The van der Waals surface area contributed by atoms with Gasteiger partial charge in [0.1, 0.15) is 17.5 Å². The van der Waals surface area contributed by atoms with Gasteiger partial charge in [-0.3, -0.25) is 0 Å². The van der Waals surface area contributed by atoms with E-state index in [-0.39, 0.29) is 0 Å². The lowest BCUT2D eigenvalue weighted by atomic mass is 10.1. The number of nitrogens with zero attached hydrogens (tertiary/aromatic N) is 3. The van der Waals surface area contributed by atoms with Crippen molar-refractivity contribution in [1.82, 2.24) is 9.97 Å². The van der Waals surface area contributed by atoms with Crippen molar-refractivity contribution in [3.8, 4) is 0 Å². The monoisotopic (exact) mass is 248 g/mol. The molecule has 4 heteroatoms. The SMILES string of the molecule is CCCCNc1cc(N2CCCCC2)nc(C)n1. The van der Waals surface area contributed by atoms with Crippen molar-refractivity contribution in [2.45, 2.75) is 46.0 Å². The van der Waals surface area contributed by atoms with E-state index in [1.807, 2.05) is 6.92 Å². The van der Waals surface area contributed by atoms with E-state index >= 15 is 0 Å². The molecule has 0 radical (unpaired) electrons. The average Bonchev–Trinajstić information content (AvgIpc) is 2.39. The number of anilines is 2. The lowest BCUT2D eigenvalue weighted by molar-refractivity contribution is 0.572. The molecule has 100 valence electrons. The van der Waals surface area contributed by atoms with Crippen LogP contribution < -0.4 is 10.2 Å². The molecule has 0 saturated carbocycles. The lowest BCUT2D eigenvalue weighted by Gasteiger charge is -2.28. The summed E-state index contributed by atoms with van der Waals surface area (Å²) in [4.78, 5) is 11.4. The fourth-order valence-electron chi connectivity index (χ4n) is 2.32. The Bertz CT molecular complexity index is 372. The minimum atomic E-state index is 0.858. The molecule has 1 aromatic heterocycles. The average molecular weight is 248 g/mol. The van der Waals surface area contributed by atoms with Crippen LogP contribution in [-0.2, 0) is 0 Å². The second-order valence-corrected chi connectivity index (χ2v) is 4.99. The number of rotatable bonds is 5. The smallest absolute Gasteiger partial charge is 0.134 e. The highest BCUT2D eigenvalue weighted by atomic mass is 15.2. The summed E-state index contributed by atoms with van der Waals surface area (Å²) in [5, 5.41) is 3.39. The highest BCUT2D eigenvalue weighted by molar-refractivity contribution is 5.49. The first kappa shape index (κ1) is 13.1. The maximum Gasteiger partial charge on any atom is 0.134 e. The standard InChI is InChI=1S/C14H24N4/c1-3-4-8-15-13-11-14(17-12(2)16-13)18-9-6-5-7-10-18/h11H,3-10H2,1-2H3,(H,15,16,17). The number of hydrogen-bond acceptors (Lipinski definition) is 4. The molecule has 18 heavy (non-hydrogen) atoms. The van der Waals surface area contributed by atoms with E-state index in [4.69, 9.17) is 0 Å². The van der Waals surface area contributed by atoms with Crippen molar-refractivity contribution in [2.24, 2.45) is 0 Å². The molecule has 1 N–H and O–H groups in total. The molecule has 0 spiro atoms. The number of hydrogen-bond donors (Lipinski definition) is 1. The molecule has 2 heterocycles. The number of aryl methyl sites for hydroxylation is 1. The van der Waals surface area contributed by atoms with Crippen molar-refractivity contribution in [1.29, 1.82) is 0 Å². The topological polar surface area (TPSA) is 41.0 Å². The van der Waals surface area contributed by atoms with Crippen LogP contribution in [0, 0.1) is 6.92 Å². The fraction of sp³-hybridized carbons (Fsp3) is 0.714. The Morgan fingerprint density at radius 1 is 1.22 bits per heavy atom. The Hall–Kier alpha value is -1.32. The van der Waals surface area contributed by atoms with Crippen molar-refractivity contribution < 1.29 is 0 Å². The van der Waals surface area contributed by atoms with Crippen LogP contribution in [0.4, 0.5) is 11.6 Å². The number of unbranched alkanes of at least 4 members (excludes halogenated alkanes) is 1. The van der Waals surface area contributed by atoms with Gasteiger partial charge in [-0.2, -0.15) is 0 Å². The van der Waals surface area contributed by atoms with Crippen LogP contribution in [0.2, 0.25) is 0 Å². The van der Waals surface area contributed by atoms with Crippen LogP contribution in [0.5, 0.6) is 0 Å². The van der Waals surface area contributed by atoms with E-state index in [1.54, 1.807) is 0 Å². The molecular weight excluding hydrogens is 224 g/mol. The van der Waals surface area contributed by atoms with Crippen LogP contribution in [0.1, 0.15) is 44.9 Å². The first-order chi connectivity index (χ1) is 8.79. The second-order valence-electron chi connectivity index (χ2n) is 4.99. The Kier molecular flexibility index (Phi) is 4.79. The first-order valence-corrected chi connectivity index (χ1v) is 7.14. The van der Waals surface area contributed by atoms with E-state index in [0.717, 1.165) is 37.1 Å². The molecule has 1 fully saturated rings. The highest BCUT2D eigenvalue weighted by Gasteiger charge is 2.13. The second kappa shape index (κ2) is 6.57. The molecule has 0 aliphatic carbocycles. The largest absolute Gasteiger partial charge is 0.370 e. The molecule has 0 unspecified atom stereocenters. The molecule has 1 aliphatic heterocycles. The van der Waals surface area contributed by atoms with E-state index in [1.165, 1.54) is 32.1 Å². The van der Waals surface area contributed by atoms with Gasteiger partial charge in [-0.15, -0.1) is 0 Å². The zero-order chi connectivity index (χ0) is 12.8. The van der Waals surface area contributed by atoms with Gasteiger partial charge in [0.25, 0.3) is 0 Å². The Morgan fingerprint density at radius 2 is 2.00 bits per heavy atom. The third-order valence-corrected chi connectivity index (χ3v) is 3.34. The minimum absolute atomic E-state index is 0.858. The number of nitrogens with one attached hydrogen (secondary N) is 1. The van der Waals surface area contributed by atoms with Crippen molar-refractivity contribution in [3.63, 3.8) is 0 Å². The van der Waals surface area contributed by atoms with E-state index in [0.29, 0.717) is 0 Å². The van der Waals surface area contributed by atoms with Gasteiger partial charge in [-0.05, 0) is 32.6 Å². The Balaban J connectivity index is 2.05. The molecule has 1 saturated heterocycles. The summed E-state index contributed by atoms with van der Waals surface area (Å²) in [5.41, 5.74) is 0. The summed E-state index contributed by atoms with van der Waals surface area (Å²) in [6.07, 6.45) is 6.30. The number of piperidine rings is 1. The molecule has 0 amide bonds. The molecule has 2 rings (SSSR count). The van der Waals surface area contributed by atoms with Gasteiger partial charge < -0.3 is 10.2 Å². The maximum atomic E-state index is 4.56. The zero-order valence-electron chi connectivity index (χ0n) is 11.6.